The van der Waals surface area contributed by atoms with Crippen molar-refractivity contribution >= 4 is 16.1 Å². The Bertz CT molecular complexity index is 796. The summed E-state index contributed by atoms with van der Waals surface area (Å²) in [6.45, 7) is 2.05. The number of carbonyl (C=O) groups excluding carboxylic acids is 1. The Labute approximate surface area is 140 Å². The molecule has 0 atom stereocenters. The van der Waals surface area contributed by atoms with Crippen LogP contribution in [-0.2, 0) is 10.1 Å². The molecule has 0 aliphatic heterocycles. The standard InChI is InChI=1S/C17H18O6S/c1-13-4-2-5-16(12-13)23-17(18)14-6-8-15(9-7-14)22-10-3-11-24(19,20)21/h2,4-9,12H,3,10-11H2,1H3,(H,19,20,21). The van der Waals surface area contributed by atoms with Gasteiger partial charge in [0.05, 0.1) is 17.9 Å². The summed E-state index contributed by atoms with van der Waals surface area (Å²) < 4.78 is 40.4. The number of rotatable bonds is 7. The summed E-state index contributed by atoms with van der Waals surface area (Å²) in [5.41, 5.74) is 1.37. The number of carbonyl (C=O) groups is 1. The van der Waals surface area contributed by atoms with Gasteiger partial charge in [0.15, 0.2) is 0 Å². The number of ether oxygens (including phenoxy) is 2. The van der Waals surface area contributed by atoms with Gasteiger partial charge in [-0.2, -0.15) is 8.42 Å². The van der Waals surface area contributed by atoms with Crippen LogP contribution in [0.4, 0.5) is 0 Å². The fraction of sp³-hybridized carbons (Fsp3) is 0.235. The predicted octanol–water partition coefficient (Wildman–Crippen LogP) is 2.87. The molecule has 24 heavy (non-hydrogen) atoms. The Balaban J connectivity index is 1.88. The van der Waals surface area contributed by atoms with Crippen molar-refractivity contribution < 1.29 is 27.2 Å². The van der Waals surface area contributed by atoms with E-state index in [9.17, 15) is 13.2 Å². The molecule has 0 bridgehead atoms. The summed E-state index contributed by atoms with van der Waals surface area (Å²) in [6.07, 6.45) is 0.177. The number of hydrogen-bond acceptors (Lipinski definition) is 5. The lowest BCUT2D eigenvalue weighted by Crippen LogP contribution is -2.09. The Kier molecular flexibility index (Phi) is 5.94. The summed E-state index contributed by atoms with van der Waals surface area (Å²) >= 11 is 0. The second kappa shape index (κ2) is 7.94. The van der Waals surface area contributed by atoms with Crippen LogP contribution in [0.15, 0.2) is 48.5 Å². The zero-order valence-electron chi connectivity index (χ0n) is 13.1. The van der Waals surface area contributed by atoms with E-state index in [-0.39, 0.29) is 18.8 Å². The maximum atomic E-state index is 12.0. The molecule has 0 fully saturated rings. The maximum Gasteiger partial charge on any atom is 0.343 e. The Hall–Kier alpha value is -2.38. The predicted molar refractivity (Wildman–Crippen MR) is 89.1 cm³/mol. The Morgan fingerprint density at radius 1 is 1.08 bits per heavy atom. The van der Waals surface area contributed by atoms with Crippen molar-refractivity contribution in [3.8, 4) is 11.5 Å². The summed E-state index contributed by atoms with van der Waals surface area (Å²) in [7, 11) is -3.97. The third kappa shape index (κ3) is 6.02. The van der Waals surface area contributed by atoms with Gasteiger partial charge in [0, 0.05) is 0 Å². The molecule has 0 saturated heterocycles. The minimum absolute atomic E-state index is 0.146. The van der Waals surface area contributed by atoms with Gasteiger partial charge in [-0.15, -0.1) is 0 Å². The number of esters is 1. The first-order valence-electron chi connectivity index (χ1n) is 7.30. The number of aryl methyl sites for hydroxylation is 1. The molecule has 0 heterocycles. The van der Waals surface area contributed by atoms with E-state index in [4.69, 9.17) is 14.0 Å². The largest absolute Gasteiger partial charge is 0.494 e. The van der Waals surface area contributed by atoms with E-state index in [2.05, 4.69) is 0 Å². The molecule has 0 unspecified atom stereocenters. The number of hydrogen-bond donors (Lipinski definition) is 1. The molecule has 2 aromatic rings. The minimum Gasteiger partial charge on any atom is -0.494 e. The first-order chi connectivity index (χ1) is 11.3. The fourth-order valence-electron chi connectivity index (χ4n) is 1.96. The molecule has 0 aliphatic rings. The lowest BCUT2D eigenvalue weighted by Gasteiger charge is -2.07. The van der Waals surface area contributed by atoms with Gasteiger partial charge in [0.1, 0.15) is 11.5 Å². The van der Waals surface area contributed by atoms with Crippen molar-refractivity contribution in [1.82, 2.24) is 0 Å². The molecule has 0 saturated carbocycles. The van der Waals surface area contributed by atoms with Gasteiger partial charge in [-0.1, -0.05) is 12.1 Å². The first-order valence-corrected chi connectivity index (χ1v) is 8.91. The van der Waals surface area contributed by atoms with E-state index < -0.39 is 16.1 Å². The highest BCUT2D eigenvalue weighted by Gasteiger charge is 2.09. The van der Waals surface area contributed by atoms with E-state index in [0.717, 1.165) is 5.56 Å². The van der Waals surface area contributed by atoms with E-state index in [1.165, 1.54) is 0 Å². The third-order valence-corrected chi connectivity index (χ3v) is 3.91. The lowest BCUT2D eigenvalue weighted by molar-refractivity contribution is 0.0734. The normalized spacial score (nSPS) is 11.1. The molecule has 2 rings (SSSR count). The van der Waals surface area contributed by atoms with Crippen molar-refractivity contribution in [2.45, 2.75) is 13.3 Å². The van der Waals surface area contributed by atoms with Crippen LogP contribution in [0, 0.1) is 6.92 Å². The van der Waals surface area contributed by atoms with Crippen LogP contribution in [0.2, 0.25) is 0 Å². The summed E-state index contributed by atoms with van der Waals surface area (Å²) in [4.78, 5) is 12.0. The quantitative estimate of drug-likeness (QED) is 0.357. The van der Waals surface area contributed by atoms with E-state index in [1.807, 2.05) is 19.1 Å². The Morgan fingerprint density at radius 3 is 2.42 bits per heavy atom. The molecule has 0 aromatic heterocycles. The molecule has 0 spiro atoms. The van der Waals surface area contributed by atoms with Crippen LogP contribution in [0.1, 0.15) is 22.3 Å². The van der Waals surface area contributed by atoms with Gasteiger partial charge in [0.2, 0.25) is 0 Å². The van der Waals surface area contributed by atoms with Gasteiger partial charge in [0.25, 0.3) is 10.1 Å². The first kappa shape index (κ1) is 18.0. The molecule has 7 heteroatoms. The van der Waals surface area contributed by atoms with Crippen molar-refractivity contribution in [3.63, 3.8) is 0 Å². The SMILES string of the molecule is Cc1cccc(OC(=O)c2ccc(OCCCS(=O)(=O)O)cc2)c1. The van der Waals surface area contributed by atoms with E-state index in [0.29, 0.717) is 17.1 Å². The minimum atomic E-state index is -3.97. The zero-order valence-corrected chi connectivity index (χ0v) is 14.0. The molecule has 0 radical (unpaired) electrons. The van der Waals surface area contributed by atoms with Crippen LogP contribution in [0.5, 0.6) is 11.5 Å². The highest BCUT2D eigenvalue weighted by Crippen LogP contribution is 2.17. The molecule has 6 nitrogen and oxygen atoms in total. The van der Waals surface area contributed by atoms with Gasteiger partial charge in [-0.05, 0) is 55.3 Å². The smallest absolute Gasteiger partial charge is 0.343 e. The zero-order chi connectivity index (χ0) is 17.6. The number of benzene rings is 2. The summed E-state index contributed by atoms with van der Waals surface area (Å²) in [6, 6.07) is 13.5. The molecular weight excluding hydrogens is 332 g/mol. The molecule has 1 N–H and O–H groups in total. The van der Waals surface area contributed by atoms with Crippen LogP contribution >= 0.6 is 0 Å². The van der Waals surface area contributed by atoms with Crippen molar-refractivity contribution in [2.75, 3.05) is 12.4 Å². The third-order valence-electron chi connectivity index (χ3n) is 3.11. The van der Waals surface area contributed by atoms with Gasteiger partial charge >= 0.3 is 5.97 Å². The molecule has 0 aliphatic carbocycles. The monoisotopic (exact) mass is 350 g/mol. The second-order valence-electron chi connectivity index (χ2n) is 5.22. The van der Waals surface area contributed by atoms with E-state index in [1.54, 1.807) is 36.4 Å². The Morgan fingerprint density at radius 2 is 1.79 bits per heavy atom. The maximum absolute atomic E-state index is 12.0. The van der Waals surface area contributed by atoms with Crippen LogP contribution < -0.4 is 9.47 Å². The molecule has 0 amide bonds. The summed E-state index contributed by atoms with van der Waals surface area (Å²) in [5, 5.41) is 0. The van der Waals surface area contributed by atoms with Gasteiger partial charge < -0.3 is 9.47 Å². The van der Waals surface area contributed by atoms with Crippen LogP contribution in [0.3, 0.4) is 0 Å². The van der Waals surface area contributed by atoms with Crippen molar-refractivity contribution in [1.29, 1.82) is 0 Å². The average molecular weight is 350 g/mol. The van der Waals surface area contributed by atoms with Crippen LogP contribution in [0.25, 0.3) is 0 Å². The molecular formula is C17H18O6S. The van der Waals surface area contributed by atoms with Crippen molar-refractivity contribution in [2.24, 2.45) is 0 Å². The fourth-order valence-corrected chi connectivity index (χ4v) is 2.45. The lowest BCUT2D eigenvalue weighted by atomic mass is 10.2. The summed E-state index contributed by atoms with van der Waals surface area (Å²) in [5.74, 6) is 0.148. The second-order valence-corrected chi connectivity index (χ2v) is 6.79. The molecule has 2 aromatic carbocycles. The van der Waals surface area contributed by atoms with Crippen LogP contribution in [-0.4, -0.2) is 31.3 Å². The van der Waals surface area contributed by atoms with Gasteiger partial charge in [-0.3, -0.25) is 4.55 Å². The van der Waals surface area contributed by atoms with Crippen molar-refractivity contribution in [3.05, 3.63) is 59.7 Å². The van der Waals surface area contributed by atoms with E-state index >= 15 is 0 Å². The highest BCUT2D eigenvalue weighted by molar-refractivity contribution is 7.85. The topological polar surface area (TPSA) is 89.9 Å². The highest BCUT2D eigenvalue weighted by atomic mass is 32.2. The van der Waals surface area contributed by atoms with Gasteiger partial charge in [-0.25, -0.2) is 4.79 Å². The average Bonchev–Trinajstić information content (AvgIpc) is 2.51. The molecule has 128 valence electrons.